The molecule has 0 saturated carbocycles. The zero-order chi connectivity index (χ0) is 17.0. The monoisotopic (exact) mass is 314 g/mol. The highest BCUT2D eigenvalue weighted by molar-refractivity contribution is 5.97. The van der Waals surface area contributed by atoms with Crippen LogP contribution in [0.1, 0.15) is 47.7 Å². The van der Waals surface area contributed by atoms with Crippen LogP contribution in [-0.4, -0.2) is 21.3 Å². The minimum Gasteiger partial charge on any atom is -0.507 e. The predicted molar refractivity (Wildman–Crippen MR) is 90.1 cm³/mol. The van der Waals surface area contributed by atoms with Crippen molar-refractivity contribution in [1.82, 2.24) is 0 Å². The number of hydrogen-bond donors (Lipinski definition) is 3. The lowest BCUT2D eigenvalue weighted by Crippen LogP contribution is -2.04. The van der Waals surface area contributed by atoms with Crippen molar-refractivity contribution in [2.45, 2.75) is 39.5 Å². The standard InChI is InChI=1S/C19H22O4/c1-3-4-5-8-14-11-15(20)16(18(21)17(14)19(22)23)13-9-6-7-12(2)10-13/h6-7,9-11,20-21H,3-5,8H2,1-2H3,(H,22,23). The van der Waals surface area contributed by atoms with Gasteiger partial charge < -0.3 is 15.3 Å². The van der Waals surface area contributed by atoms with Gasteiger partial charge in [-0.25, -0.2) is 4.79 Å². The van der Waals surface area contributed by atoms with Gasteiger partial charge in [0, 0.05) is 0 Å². The summed E-state index contributed by atoms with van der Waals surface area (Å²) < 4.78 is 0. The summed E-state index contributed by atoms with van der Waals surface area (Å²) in [6.45, 7) is 3.96. The molecule has 0 amide bonds. The maximum absolute atomic E-state index is 11.6. The van der Waals surface area contributed by atoms with Crippen LogP contribution in [0.3, 0.4) is 0 Å². The molecule has 0 unspecified atom stereocenters. The first-order chi connectivity index (χ1) is 11.0. The minimum absolute atomic E-state index is 0.0930. The third-order valence-corrected chi connectivity index (χ3v) is 3.93. The van der Waals surface area contributed by atoms with Gasteiger partial charge >= 0.3 is 5.97 Å². The maximum atomic E-state index is 11.6. The predicted octanol–water partition coefficient (Wildman–Crippen LogP) is 4.50. The van der Waals surface area contributed by atoms with Crippen molar-refractivity contribution in [2.75, 3.05) is 0 Å². The van der Waals surface area contributed by atoms with Crippen LogP contribution in [0, 0.1) is 6.92 Å². The van der Waals surface area contributed by atoms with Gasteiger partial charge in [0.1, 0.15) is 17.1 Å². The van der Waals surface area contributed by atoms with E-state index in [1.807, 2.05) is 13.0 Å². The largest absolute Gasteiger partial charge is 0.507 e. The molecule has 0 radical (unpaired) electrons. The number of carboxylic acid groups (broad SMARTS) is 1. The summed E-state index contributed by atoms with van der Waals surface area (Å²) in [5.74, 6) is -1.64. The topological polar surface area (TPSA) is 77.8 Å². The maximum Gasteiger partial charge on any atom is 0.339 e. The summed E-state index contributed by atoms with van der Waals surface area (Å²) in [6.07, 6.45) is 3.33. The Morgan fingerprint density at radius 2 is 1.87 bits per heavy atom. The second-order valence-corrected chi connectivity index (χ2v) is 5.79. The summed E-state index contributed by atoms with van der Waals surface area (Å²) >= 11 is 0. The molecule has 0 fully saturated rings. The average Bonchev–Trinajstić information content (AvgIpc) is 2.46. The molecule has 0 saturated heterocycles. The summed E-state index contributed by atoms with van der Waals surface area (Å²) in [5.41, 5.74) is 2.09. The number of phenolic OH excluding ortho intramolecular Hbond substituents is 1. The Hall–Kier alpha value is -2.49. The van der Waals surface area contributed by atoms with Gasteiger partial charge in [0.05, 0.1) is 5.56 Å². The molecule has 4 nitrogen and oxygen atoms in total. The molecule has 122 valence electrons. The Morgan fingerprint density at radius 3 is 2.48 bits per heavy atom. The Balaban J connectivity index is 2.57. The molecular weight excluding hydrogens is 292 g/mol. The number of phenols is 2. The molecule has 23 heavy (non-hydrogen) atoms. The van der Waals surface area contributed by atoms with E-state index >= 15 is 0 Å². The lowest BCUT2D eigenvalue weighted by Gasteiger charge is -2.15. The number of carboxylic acids is 1. The fourth-order valence-electron chi connectivity index (χ4n) is 2.79. The van der Waals surface area contributed by atoms with Crippen LogP contribution in [0.25, 0.3) is 11.1 Å². The fraction of sp³-hybridized carbons (Fsp3) is 0.316. The van der Waals surface area contributed by atoms with Crippen LogP contribution in [0.5, 0.6) is 11.5 Å². The first-order valence-corrected chi connectivity index (χ1v) is 7.83. The van der Waals surface area contributed by atoms with Gasteiger partial charge in [-0.1, -0.05) is 49.6 Å². The Morgan fingerprint density at radius 1 is 1.13 bits per heavy atom. The van der Waals surface area contributed by atoms with E-state index in [1.165, 1.54) is 6.07 Å². The van der Waals surface area contributed by atoms with E-state index in [0.717, 1.165) is 24.8 Å². The van der Waals surface area contributed by atoms with Crippen LogP contribution in [0.4, 0.5) is 0 Å². The van der Waals surface area contributed by atoms with E-state index in [-0.39, 0.29) is 22.6 Å². The first-order valence-electron chi connectivity index (χ1n) is 7.83. The molecule has 0 aliphatic heterocycles. The highest BCUT2D eigenvalue weighted by atomic mass is 16.4. The van der Waals surface area contributed by atoms with Gasteiger partial charge in [0.15, 0.2) is 0 Å². The molecular formula is C19H22O4. The zero-order valence-corrected chi connectivity index (χ0v) is 13.5. The quantitative estimate of drug-likeness (QED) is 0.686. The van der Waals surface area contributed by atoms with E-state index in [0.29, 0.717) is 17.5 Å². The summed E-state index contributed by atoms with van der Waals surface area (Å²) in [4.78, 5) is 11.6. The summed E-state index contributed by atoms with van der Waals surface area (Å²) in [5, 5.41) is 30.3. The number of aromatic hydroxyl groups is 2. The molecule has 0 aliphatic rings. The van der Waals surface area contributed by atoms with Crippen molar-refractivity contribution < 1.29 is 20.1 Å². The first kappa shape index (κ1) is 16.9. The lowest BCUT2D eigenvalue weighted by atomic mass is 9.93. The molecule has 2 aromatic carbocycles. The van der Waals surface area contributed by atoms with Gasteiger partial charge in [0.2, 0.25) is 0 Å². The van der Waals surface area contributed by atoms with Crippen LogP contribution in [0.2, 0.25) is 0 Å². The summed E-state index contributed by atoms with van der Waals surface area (Å²) in [6, 6.07) is 8.71. The van der Waals surface area contributed by atoms with Crippen molar-refractivity contribution in [3.63, 3.8) is 0 Å². The van der Waals surface area contributed by atoms with E-state index in [2.05, 4.69) is 6.92 Å². The van der Waals surface area contributed by atoms with Crippen LogP contribution in [0.15, 0.2) is 30.3 Å². The number of aryl methyl sites for hydroxylation is 2. The summed E-state index contributed by atoms with van der Waals surface area (Å²) in [7, 11) is 0. The molecule has 2 aromatic rings. The normalized spacial score (nSPS) is 10.7. The number of hydrogen-bond acceptors (Lipinski definition) is 3. The van der Waals surface area contributed by atoms with Crippen molar-refractivity contribution in [1.29, 1.82) is 0 Å². The molecule has 0 spiro atoms. The molecule has 0 aliphatic carbocycles. The van der Waals surface area contributed by atoms with E-state index in [4.69, 9.17) is 0 Å². The van der Waals surface area contributed by atoms with Gasteiger partial charge in [0.25, 0.3) is 0 Å². The zero-order valence-electron chi connectivity index (χ0n) is 13.5. The van der Waals surface area contributed by atoms with Gasteiger partial charge in [-0.2, -0.15) is 0 Å². The highest BCUT2D eigenvalue weighted by Crippen LogP contribution is 2.42. The molecule has 0 bridgehead atoms. The molecule has 3 N–H and O–H groups in total. The number of carbonyl (C=O) groups is 1. The van der Waals surface area contributed by atoms with Crippen molar-refractivity contribution in [3.05, 3.63) is 47.0 Å². The fourth-order valence-corrected chi connectivity index (χ4v) is 2.79. The number of rotatable bonds is 6. The Kier molecular flexibility index (Phi) is 5.27. The molecule has 0 aromatic heterocycles. The van der Waals surface area contributed by atoms with Gasteiger partial charge in [-0.15, -0.1) is 0 Å². The number of aromatic carboxylic acids is 1. The SMILES string of the molecule is CCCCCc1cc(O)c(-c2cccc(C)c2)c(O)c1C(=O)O. The average molecular weight is 314 g/mol. The third kappa shape index (κ3) is 3.65. The second-order valence-electron chi connectivity index (χ2n) is 5.79. The van der Waals surface area contributed by atoms with Crippen molar-refractivity contribution in [2.24, 2.45) is 0 Å². The van der Waals surface area contributed by atoms with Crippen LogP contribution < -0.4 is 0 Å². The van der Waals surface area contributed by atoms with E-state index < -0.39 is 5.97 Å². The highest BCUT2D eigenvalue weighted by Gasteiger charge is 2.23. The molecule has 0 atom stereocenters. The van der Waals surface area contributed by atoms with Crippen LogP contribution in [-0.2, 0) is 6.42 Å². The van der Waals surface area contributed by atoms with Crippen molar-refractivity contribution in [3.8, 4) is 22.6 Å². The van der Waals surface area contributed by atoms with Crippen molar-refractivity contribution >= 4 is 5.97 Å². The van der Waals surface area contributed by atoms with E-state index in [9.17, 15) is 20.1 Å². The molecule has 4 heteroatoms. The Labute approximate surface area is 136 Å². The number of benzene rings is 2. The third-order valence-electron chi connectivity index (χ3n) is 3.93. The van der Waals surface area contributed by atoms with Gasteiger partial charge in [-0.05, 0) is 37.0 Å². The lowest BCUT2D eigenvalue weighted by molar-refractivity contribution is 0.0692. The smallest absolute Gasteiger partial charge is 0.339 e. The minimum atomic E-state index is -1.18. The van der Waals surface area contributed by atoms with Gasteiger partial charge in [-0.3, -0.25) is 0 Å². The molecule has 2 rings (SSSR count). The van der Waals surface area contributed by atoms with E-state index in [1.54, 1.807) is 18.2 Å². The van der Waals surface area contributed by atoms with Crippen LogP contribution >= 0.6 is 0 Å². The molecule has 0 heterocycles. The number of unbranched alkanes of at least 4 members (excludes halogenated alkanes) is 2. The second kappa shape index (κ2) is 7.18. The Bertz CT molecular complexity index is 720.